The Morgan fingerprint density at radius 2 is 2.24 bits per heavy atom. The summed E-state index contributed by atoms with van der Waals surface area (Å²) in [6.45, 7) is 4.68. The van der Waals surface area contributed by atoms with Gasteiger partial charge in [0.2, 0.25) is 0 Å². The van der Waals surface area contributed by atoms with Gasteiger partial charge in [-0.25, -0.2) is 0 Å². The molecule has 1 saturated carbocycles. The van der Waals surface area contributed by atoms with Crippen molar-refractivity contribution in [3.05, 3.63) is 19.2 Å². The van der Waals surface area contributed by atoms with Crippen LogP contribution < -0.4 is 0 Å². The quantitative estimate of drug-likeness (QED) is 0.689. The number of nitrogens with zero attached hydrogens (tertiary/aromatic N) is 1. The maximum absolute atomic E-state index is 12.2. The molecule has 94 valence electrons. The highest BCUT2D eigenvalue weighted by Gasteiger charge is 2.25. The maximum atomic E-state index is 12.2. The number of thiophene rings is 1. The Bertz CT molecular complexity index is 415. The molecule has 0 radical (unpaired) electrons. The number of halogens is 2. The summed E-state index contributed by atoms with van der Waals surface area (Å²) in [5.74, 6) is 1.04. The first-order chi connectivity index (χ1) is 8.10. The van der Waals surface area contributed by atoms with Crippen molar-refractivity contribution in [1.29, 1.82) is 0 Å². The van der Waals surface area contributed by atoms with Crippen LogP contribution in [0.5, 0.6) is 0 Å². The van der Waals surface area contributed by atoms with Gasteiger partial charge >= 0.3 is 0 Å². The molecule has 0 saturated heterocycles. The minimum atomic E-state index is 0.210. The molecule has 1 aromatic heterocycles. The van der Waals surface area contributed by atoms with Crippen LogP contribution in [0.25, 0.3) is 0 Å². The van der Waals surface area contributed by atoms with E-state index in [4.69, 9.17) is 0 Å². The van der Waals surface area contributed by atoms with Crippen molar-refractivity contribution in [2.45, 2.75) is 19.8 Å². The fourth-order valence-corrected chi connectivity index (χ4v) is 4.65. The molecule has 0 aromatic carbocycles. The summed E-state index contributed by atoms with van der Waals surface area (Å²) in [4.78, 5) is 14.4. The molecule has 5 heteroatoms. The molecule has 2 nitrogen and oxygen atoms in total. The van der Waals surface area contributed by atoms with Crippen LogP contribution >= 0.6 is 43.2 Å². The van der Waals surface area contributed by atoms with Crippen LogP contribution in [0.3, 0.4) is 0 Å². The van der Waals surface area contributed by atoms with Crippen molar-refractivity contribution >= 4 is 49.0 Å². The standard InChI is InChI=1S/C12H15Br2NOS/c1-2-15(6-8-3-4-8)7-10(16)9-5-11(13)17-12(9)14/h5,8H,2-4,6-7H2,1H3. The minimum Gasteiger partial charge on any atom is -0.296 e. The van der Waals surface area contributed by atoms with E-state index in [1.807, 2.05) is 6.07 Å². The van der Waals surface area contributed by atoms with Crippen LogP contribution in [-0.2, 0) is 0 Å². The molecule has 0 atom stereocenters. The summed E-state index contributed by atoms with van der Waals surface area (Å²) < 4.78 is 1.93. The van der Waals surface area contributed by atoms with Crippen molar-refractivity contribution in [2.75, 3.05) is 19.6 Å². The number of likely N-dealkylation sites (N-methyl/N-ethyl adjacent to an activating group) is 1. The largest absolute Gasteiger partial charge is 0.296 e. The number of hydrogen-bond acceptors (Lipinski definition) is 3. The second kappa shape index (κ2) is 5.95. The lowest BCUT2D eigenvalue weighted by Gasteiger charge is -2.18. The Balaban J connectivity index is 1.96. The van der Waals surface area contributed by atoms with Crippen LogP contribution in [-0.4, -0.2) is 30.3 Å². The topological polar surface area (TPSA) is 20.3 Å². The first kappa shape index (κ1) is 13.7. The highest BCUT2D eigenvalue weighted by Crippen LogP contribution is 2.33. The zero-order valence-corrected chi connectivity index (χ0v) is 13.7. The number of hydrogen-bond donors (Lipinski definition) is 0. The van der Waals surface area contributed by atoms with Crippen molar-refractivity contribution in [2.24, 2.45) is 5.92 Å². The van der Waals surface area contributed by atoms with Crippen LogP contribution in [0.1, 0.15) is 30.1 Å². The Hall–Kier alpha value is 0.290. The zero-order valence-electron chi connectivity index (χ0n) is 9.71. The summed E-state index contributed by atoms with van der Waals surface area (Å²) in [6, 6.07) is 1.90. The molecule has 0 N–H and O–H groups in total. The third-order valence-electron chi connectivity index (χ3n) is 2.98. The molecule has 0 amide bonds. The van der Waals surface area contributed by atoms with Gasteiger partial charge < -0.3 is 0 Å². The second-order valence-electron chi connectivity index (χ2n) is 4.43. The first-order valence-corrected chi connectivity index (χ1v) is 8.20. The predicted molar refractivity (Wildman–Crippen MR) is 78.9 cm³/mol. The van der Waals surface area contributed by atoms with Crippen molar-refractivity contribution < 1.29 is 4.79 Å². The zero-order chi connectivity index (χ0) is 12.4. The molecule has 2 rings (SSSR count). The van der Waals surface area contributed by atoms with Gasteiger partial charge in [0.1, 0.15) is 0 Å². The number of carbonyl (C=O) groups excluding carboxylic acids is 1. The molecule has 0 bridgehead atoms. The number of Topliss-reactive ketones (excluding diaryl/α,β-unsaturated/α-hetero) is 1. The molecule has 0 spiro atoms. The smallest absolute Gasteiger partial charge is 0.178 e. The fraction of sp³-hybridized carbons (Fsp3) is 0.583. The summed E-state index contributed by atoms with van der Waals surface area (Å²) in [7, 11) is 0. The normalized spacial score (nSPS) is 15.5. The summed E-state index contributed by atoms with van der Waals surface area (Å²) >= 11 is 8.40. The van der Waals surface area contributed by atoms with E-state index in [-0.39, 0.29) is 5.78 Å². The van der Waals surface area contributed by atoms with E-state index in [1.54, 1.807) is 11.3 Å². The van der Waals surface area contributed by atoms with Gasteiger partial charge in [-0.05, 0) is 63.2 Å². The van der Waals surface area contributed by atoms with E-state index in [2.05, 4.69) is 43.7 Å². The Kier molecular flexibility index (Phi) is 4.80. The van der Waals surface area contributed by atoms with Gasteiger partial charge in [0.15, 0.2) is 5.78 Å². The van der Waals surface area contributed by atoms with Gasteiger partial charge in [-0.15, -0.1) is 11.3 Å². The lowest BCUT2D eigenvalue weighted by molar-refractivity contribution is 0.0931. The highest BCUT2D eigenvalue weighted by atomic mass is 79.9. The van der Waals surface area contributed by atoms with Gasteiger partial charge in [0.25, 0.3) is 0 Å². The van der Waals surface area contributed by atoms with Gasteiger partial charge in [-0.1, -0.05) is 6.92 Å². The highest BCUT2D eigenvalue weighted by molar-refractivity contribution is 9.12. The summed E-state index contributed by atoms with van der Waals surface area (Å²) in [5, 5.41) is 0. The molecule has 17 heavy (non-hydrogen) atoms. The van der Waals surface area contributed by atoms with Crippen LogP contribution in [0.4, 0.5) is 0 Å². The molecule has 1 aromatic rings. The first-order valence-electron chi connectivity index (χ1n) is 5.80. The van der Waals surface area contributed by atoms with Gasteiger partial charge in [0, 0.05) is 12.1 Å². The summed E-state index contributed by atoms with van der Waals surface area (Å²) in [6.07, 6.45) is 2.66. The Morgan fingerprint density at radius 1 is 1.53 bits per heavy atom. The van der Waals surface area contributed by atoms with E-state index in [0.29, 0.717) is 6.54 Å². The molecular weight excluding hydrogens is 366 g/mol. The number of ketones is 1. The third kappa shape index (κ3) is 3.88. The number of carbonyl (C=O) groups is 1. The number of rotatable bonds is 6. The van der Waals surface area contributed by atoms with Crippen molar-refractivity contribution in [1.82, 2.24) is 4.90 Å². The van der Waals surface area contributed by atoms with E-state index >= 15 is 0 Å². The van der Waals surface area contributed by atoms with E-state index in [9.17, 15) is 4.79 Å². The molecule has 1 aliphatic carbocycles. The van der Waals surface area contributed by atoms with E-state index < -0.39 is 0 Å². The third-order valence-corrected chi connectivity index (χ3v) is 5.32. The molecule has 0 unspecified atom stereocenters. The fourth-order valence-electron chi connectivity index (χ4n) is 1.79. The van der Waals surface area contributed by atoms with Crippen LogP contribution in [0, 0.1) is 5.92 Å². The lowest BCUT2D eigenvalue weighted by Crippen LogP contribution is -2.31. The molecule has 0 aliphatic heterocycles. The Morgan fingerprint density at radius 3 is 2.71 bits per heavy atom. The monoisotopic (exact) mass is 379 g/mol. The van der Waals surface area contributed by atoms with Crippen LogP contribution in [0.2, 0.25) is 0 Å². The van der Waals surface area contributed by atoms with Gasteiger partial charge in [-0.3, -0.25) is 9.69 Å². The van der Waals surface area contributed by atoms with E-state index in [0.717, 1.165) is 32.1 Å². The average Bonchev–Trinajstić information content (AvgIpc) is 3.02. The minimum absolute atomic E-state index is 0.210. The SMILES string of the molecule is CCN(CC(=O)c1cc(Br)sc1Br)CC1CC1. The average molecular weight is 381 g/mol. The van der Waals surface area contributed by atoms with Gasteiger partial charge in [0.05, 0.1) is 14.1 Å². The lowest BCUT2D eigenvalue weighted by atomic mass is 10.2. The van der Waals surface area contributed by atoms with Gasteiger partial charge in [-0.2, -0.15) is 0 Å². The molecule has 1 aliphatic rings. The van der Waals surface area contributed by atoms with Crippen molar-refractivity contribution in [3.8, 4) is 0 Å². The van der Waals surface area contributed by atoms with E-state index in [1.165, 1.54) is 12.8 Å². The summed E-state index contributed by atoms with van der Waals surface area (Å²) in [5.41, 5.74) is 0.802. The van der Waals surface area contributed by atoms with Crippen LogP contribution in [0.15, 0.2) is 13.6 Å². The predicted octanol–water partition coefficient (Wildman–Crippen LogP) is 4.19. The molecule has 1 heterocycles. The molecular formula is C12H15Br2NOS. The van der Waals surface area contributed by atoms with Crippen molar-refractivity contribution in [3.63, 3.8) is 0 Å². The second-order valence-corrected chi connectivity index (χ2v) is 8.18. The Labute approximate surface area is 123 Å². The maximum Gasteiger partial charge on any atom is 0.178 e. The molecule has 1 fully saturated rings.